The first-order valence-corrected chi connectivity index (χ1v) is 8.19. The van der Waals surface area contributed by atoms with Gasteiger partial charge in [0.1, 0.15) is 0 Å². The largest absolute Gasteiger partial charge is 0.495 e. The molecule has 1 aliphatic rings. The van der Waals surface area contributed by atoms with Crippen molar-refractivity contribution in [3.05, 3.63) is 23.8 Å². The Morgan fingerprint density at radius 3 is 2.08 bits per heavy atom. The molecule has 1 saturated heterocycles. The Morgan fingerprint density at radius 2 is 1.62 bits per heavy atom. The lowest BCUT2D eigenvalue weighted by molar-refractivity contribution is 0.00578. The Bertz CT molecular complexity index is 553. The Labute approximate surface area is 142 Å². The number of ether oxygens (including phenoxy) is 1. The summed E-state index contributed by atoms with van der Waals surface area (Å²) in [6.07, 6.45) is 0.619. The molecule has 0 spiro atoms. The van der Waals surface area contributed by atoms with Gasteiger partial charge in [0.15, 0.2) is 17.4 Å². The topological polar surface area (TPSA) is 47.9 Å². The van der Waals surface area contributed by atoms with Gasteiger partial charge in [0, 0.05) is 6.61 Å². The van der Waals surface area contributed by atoms with Crippen LogP contribution in [0, 0.1) is 11.6 Å². The van der Waals surface area contributed by atoms with Crippen molar-refractivity contribution in [3.8, 4) is 5.75 Å². The summed E-state index contributed by atoms with van der Waals surface area (Å²) in [5, 5.41) is 8.80. The zero-order valence-electron chi connectivity index (χ0n) is 14.9. The molecule has 0 aliphatic carbocycles. The Hall–Kier alpha value is -1.18. The number of hydrogen-bond acceptors (Lipinski definition) is 4. The molecule has 1 unspecified atom stereocenters. The van der Waals surface area contributed by atoms with E-state index < -0.39 is 41.8 Å². The van der Waals surface area contributed by atoms with Gasteiger partial charge < -0.3 is 19.2 Å². The highest BCUT2D eigenvalue weighted by Crippen LogP contribution is 2.37. The molecule has 1 aromatic carbocycles. The molecule has 0 saturated carbocycles. The van der Waals surface area contributed by atoms with E-state index in [1.165, 1.54) is 12.1 Å². The molecule has 1 fully saturated rings. The standard InChI is InChI=1S/C17H25BF2O4/c1-11(7-6-8-21)22-15-13(19)9-12(10-14(15)20)18-23-16(2,3)17(4,5)24-18/h9-11,21H,6-8H2,1-5H3. The highest BCUT2D eigenvalue weighted by molar-refractivity contribution is 6.62. The Morgan fingerprint density at radius 1 is 1.12 bits per heavy atom. The first-order valence-electron chi connectivity index (χ1n) is 8.19. The van der Waals surface area contributed by atoms with Gasteiger partial charge in [0.25, 0.3) is 0 Å². The summed E-state index contributed by atoms with van der Waals surface area (Å²) in [4.78, 5) is 0. The van der Waals surface area contributed by atoms with E-state index >= 15 is 0 Å². The maximum atomic E-state index is 14.3. The van der Waals surface area contributed by atoms with Gasteiger partial charge >= 0.3 is 7.12 Å². The number of aliphatic hydroxyl groups excluding tert-OH is 1. The van der Waals surface area contributed by atoms with Crippen molar-refractivity contribution in [2.45, 2.75) is 64.8 Å². The van der Waals surface area contributed by atoms with Crippen LogP contribution in [-0.4, -0.2) is 36.1 Å². The third-order valence-corrected chi connectivity index (χ3v) is 4.63. The molecule has 1 N–H and O–H groups in total. The molecule has 1 heterocycles. The predicted molar refractivity (Wildman–Crippen MR) is 88.5 cm³/mol. The number of halogens is 2. The second-order valence-electron chi connectivity index (χ2n) is 7.20. The SMILES string of the molecule is CC(CCCO)Oc1c(F)cc(B2OC(C)(C)C(C)(C)O2)cc1F. The van der Waals surface area contributed by atoms with E-state index in [0.29, 0.717) is 12.8 Å². The summed E-state index contributed by atoms with van der Waals surface area (Å²) in [7, 11) is -0.833. The smallest absolute Gasteiger partial charge is 0.485 e. The summed E-state index contributed by atoms with van der Waals surface area (Å²) in [5.41, 5.74) is -0.893. The number of rotatable bonds is 6. The van der Waals surface area contributed by atoms with Crippen LogP contribution in [0.5, 0.6) is 5.75 Å². The van der Waals surface area contributed by atoms with Gasteiger partial charge in [-0.05, 0) is 65.1 Å². The van der Waals surface area contributed by atoms with Crippen molar-refractivity contribution in [2.24, 2.45) is 0 Å². The first-order chi connectivity index (χ1) is 11.1. The Kier molecular flexibility index (Phi) is 5.57. The number of aliphatic hydroxyl groups is 1. The molecule has 0 aromatic heterocycles. The molecule has 1 aromatic rings. The van der Waals surface area contributed by atoms with Crippen LogP contribution in [-0.2, 0) is 9.31 Å². The summed E-state index contributed by atoms with van der Waals surface area (Å²) in [5.74, 6) is -2.01. The molecular weight excluding hydrogens is 317 g/mol. The average molecular weight is 342 g/mol. The fourth-order valence-corrected chi connectivity index (χ4v) is 2.45. The molecule has 0 bridgehead atoms. The van der Waals surface area contributed by atoms with Crippen molar-refractivity contribution in [2.75, 3.05) is 6.61 Å². The normalized spacial score (nSPS) is 20.2. The van der Waals surface area contributed by atoms with Gasteiger partial charge in [-0.2, -0.15) is 0 Å². The van der Waals surface area contributed by atoms with Gasteiger partial charge in [-0.1, -0.05) is 0 Å². The quantitative estimate of drug-likeness (QED) is 0.808. The molecule has 1 atom stereocenters. The van der Waals surface area contributed by atoms with Crippen molar-refractivity contribution in [1.82, 2.24) is 0 Å². The third-order valence-electron chi connectivity index (χ3n) is 4.63. The van der Waals surface area contributed by atoms with E-state index in [0.717, 1.165) is 0 Å². The van der Waals surface area contributed by atoms with Crippen LogP contribution in [0.2, 0.25) is 0 Å². The van der Waals surface area contributed by atoms with Crippen molar-refractivity contribution in [3.63, 3.8) is 0 Å². The summed E-state index contributed by atoms with van der Waals surface area (Å²) in [6, 6.07) is 2.36. The first kappa shape index (κ1) is 19.2. The minimum atomic E-state index is -0.833. The highest BCUT2D eigenvalue weighted by Gasteiger charge is 2.52. The monoisotopic (exact) mass is 342 g/mol. The molecule has 24 heavy (non-hydrogen) atoms. The van der Waals surface area contributed by atoms with Gasteiger partial charge in [0.05, 0.1) is 17.3 Å². The van der Waals surface area contributed by atoms with E-state index in [-0.39, 0.29) is 12.1 Å². The molecule has 0 radical (unpaired) electrons. The van der Waals surface area contributed by atoms with E-state index in [1.807, 2.05) is 27.7 Å². The summed E-state index contributed by atoms with van der Waals surface area (Å²) in [6.45, 7) is 9.22. The molecule has 4 nitrogen and oxygen atoms in total. The second kappa shape index (κ2) is 6.98. The molecule has 134 valence electrons. The maximum Gasteiger partial charge on any atom is 0.495 e. The number of benzene rings is 1. The zero-order valence-corrected chi connectivity index (χ0v) is 14.9. The van der Waals surface area contributed by atoms with Crippen LogP contribution in [0.4, 0.5) is 8.78 Å². The van der Waals surface area contributed by atoms with Crippen LogP contribution >= 0.6 is 0 Å². The van der Waals surface area contributed by atoms with E-state index in [2.05, 4.69) is 0 Å². The fraction of sp³-hybridized carbons (Fsp3) is 0.647. The molecule has 1 aliphatic heterocycles. The predicted octanol–water partition coefficient (Wildman–Crippen LogP) is 2.80. The lowest BCUT2D eigenvalue weighted by Gasteiger charge is -2.32. The third kappa shape index (κ3) is 3.90. The van der Waals surface area contributed by atoms with Gasteiger partial charge in [-0.15, -0.1) is 0 Å². The van der Waals surface area contributed by atoms with Crippen LogP contribution < -0.4 is 10.2 Å². The fourth-order valence-electron chi connectivity index (χ4n) is 2.45. The lowest BCUT2D eigenvalue weighted by atomic mass is 9.79. The average Bonchev–Trinajstić information content (AvgIpc) is 2.69. The molecule has 7 heteroatoms. The minimum Gasteiger partial charge on any atom is -0.485 e. The van der Waals surface area contributed by atoms with Crippen molar-refractivity contribution in [1.29, 1.82) is 0 Å². The number of hydrogen-bond donors (Lipinski definition) is 1. The molecular formula is C17H25BF2O4. The zero-order chi connectivity index (χ0) is 18.1. The van der Waals surface area contributed by atoms with Crippen LogP contribution in [0.15, 0.2) is 12.1 Å². The van der Waals surface area contributed by atoms with E-state index in [4.69, 9.17) is 19.2 Å². The summed E-state index contributed by atoms with van der Waals surface area (Å²) >= 11 is 0. The van der Waals surface area contributed by atoms with Crippen LogP contribution in [0.3, 0.4) is 0 Å². The van der Waals surface area contributed by atoms with E-state index in [9.17, 15) is 8.78 Å². The molecule has 0 amide bonds. The summed E-state index contributed by atoms with van der Waals surface area (Å²) < 4.78 is 45.6. The minimum absolute atomic E-state index is 0.0134. The lowest BCUT2D eigenvalue weighted by Crippen LogP contribution is -2.41. The van der Waals surface area contributed by atoms with Gasteiger partial charge in [0.2, 0.25) is 0 Å². The Balaban J connectivity index is 2.18. The van der Waals surface area contributed by atoms with Crippen molar-refractivity contribution >= 4 is 12.6 Å². The van der Waals surface area contributed by atoms with Crippen LogP contribution in [0.1, 0.15) is 47.5 Å². The van der Waals surface area contributed by atoms with E-state index in [1.54, 1.807) is 6.92 Å². The second-order valence-corrected chi connectivity index (χ2v) is 7.20. The van der Waals surface area contributed by atoms with Crippen molar-refractivity contribution < 1.29 is 27.9 Å². The molecule has 2 rings (SSSR count). The maximum absolute atomic E-state index is 14.3. The van der Waals surface area contributed by atoms with Gasteiger partial charge in [-0.25, -0.2) is 8.78 Å². The highest BCUT2D eigenvalue weighted by atomic mass is 19.1. The van der Waals surface area contributed by atoms with Crippen LogP contribution in [0.25, 0.3) is 0 Å². The van der Waals surface area contributed by atoms with Gasteiger partial charge in [-0.3, -0.25) is 0 Å².